The lowest BCUT2D eigenvalue weighted by atomic mass is 9.95. The number of aryl methyl sites for hydroxylation is 1. The van der Waals surface area contributed by atoms with Gasteiger partial charge in [0.05, 0.1) is 18.7 Å². The van der Waals surface area contributed by atoms with E-state index >= 15 is 0 Å². The van der Waals surface area contributed by atoms with Gasteiger partial charge in [-0.3, -0.25) is 14.6 Å². The van der Waals surface area contributed by atoms with Gasteiger partial charge in [-0.25, -0.2) is 0 Å². The number of halogens is 1. The Morgan fingerprint density at radius 3 is 2.59 bits per heavy atom. The van der Waals surface area contributed by atoms with E-state index in [2.05, 4.69) is 5.32 Å². The molecule has 2 heterocycles. The topological polar surface area (TPSA) is 67.8 Å². The molecule has 1 amide bonds. The van der Waals surface area contributed by atoms with Crippen LogP contribution >= 0.6 is 22.9 Å². The van der Waals surface area contributed by atoms with Gasteiger partial charge in [0, 0.05) is 21.0 Å². The van der Waals surface area contributed by atoms with Crippen molar-refractivity contribution >= 4 is 45.5 Å². The smallest absolute Gasteiger partial charge is 0.311 e. The number of esters is 1. The number of carbonyl (C=O) groups is 2. The molecule has 1 aliphatic heterocycles. The Morgan fingerprint density at radius 1 is 1.33 bits per heavy atom. The number of fused-ring (bicyclic) bond motifs is 1. The van der Waals surface area contributed by atoms with Gasteiger partial charge in [0.2, 0.25) is 0 Å². The van der Waals surface area contributed by atoms with Crippen molar-refractivity contribution in [1.29, 1.82) is 0 Å². The van der Waals surface area contributed by atoms with Gasteiger partial charge in [-0.15, -0.1) is 11.3 Å². The summed E-state index contributed by atoms with van der Waals surface area (Å²) in [6.45, 7) is 5.88. The molecule has 0 spiro atoms. The van der Waals surface area contributed by atoms with Crippen LogP contribution in [0, 0.1) is 19.8 Å². The Balaban J connectivity index is 2.22. The van der Waals surface area contributed by atoms with Crippen LogP contribution in [0.1, 0.15) is 34.9 Å². The molecule has 0 saturated carbocycles. The molecule has 3 rings (SSSR count). The fourth-order valence-electron chi connectivity index (χ4n) is 3.22. The Bertz CT molecular complexity index is 918. The number of amides is 1. The summed E-state index contributed by atoms with van der Waals surface area (Å²) in [6, 6.07) is 6.49. The maximum absolute atomic E-state index is 12.9. The van der Waals surface area contributed by atoms with Crippen molar-refractivity contribution in [3.05, 3.63) is 50.9 Å². The predicted molar refractivity (Wildman–Crippen MR) is 109 cm³/mol. The number of anilines is 1. The number of benzene rings is 1. The Labute approximate surface area is 167 Å². The minimum absolute atomic E-state index is 0.293. The number of rotatable bonds is 4. The molecule has 0 bridgehead atoms. The monoisotopic (exact) mass is 404 g/mol. The normalized spacial score (nSPS) is 17.4. The van der Waals surface area contributed by atoms with E-state index in [1.54, 1.807) is 12.1 Å². The lowest BCUT2D eigenvalue weighted by Crippen LogP contribution is -2.37. The molecule has 1 aromatic carbocycles. The summed E-state index contributed by atoms with van der Waals surface area (Å²) in [4.78, 5) is 31.0. The molecule has 5 nitrogen and oxygen atoms in total. The van der Waals surface area contributed by atoms with E-state index in [-0.39, 0.29) is 5.91 Å². The highest BCUT2D eigenvalue weighted by molar-refractivity contribution is 7.17. The van der Waals surface area contributed by atoms with Crippen molar-refractivity contribution in [1.82, 2.24) is 0 Å². The van der Waals surface area contributed by atoms with Crippen molar-refractivity contribution in [2.24, 2.45) is 10.9 Å². The zero-order valence-corrected chi connectivity index (χ0v) is 17.2. The van der Waals surface area contributed by atoms with E-state index < -0.39 is 17.9 Å². The minimum atomic E-state index is -0.854. The fourth-order valence-corrected chi connectivity index (χ4v) is 4.41. The van der Waals surface area contributed by atoms with Crippen LogP contribution in [0.4, 0.5) is 5.00 Å². The van der Waals surface area contributed by atoms with Crippen LogP contribution in [0.3, 0.4) is 0 Å². The average Bonchev–Trinajstić information content (AvgIpc) is 2.83. The van der Waals surface area contributed by atoms with E-state index in [1.807, 2.05) is 32.9 Å². The zero-order valence-electron chi connectivity index (χ0n) is 15.6. The third-order valence-electron chi connectivity index (χ3n) is 4.84. The lowest BCUT2D eigenvalue weighted by Gasteiger charge is -2.19. The first kappa shape index (κ1) is 19.6. The van der Waals surface area contributed by atoms with Crippen LogP contribution < -0.4 is 5.32 Å². The van der Waals surface area contributed by atoms with Crippen LogP contribution in [0.2, 0.25) is 5.02 Å². The molecular weight excluding hydrogens is 384 g/mol. The van der Waals surface area contributed by atoms with E-state index in [9.17, 15) is 9.59 Å². The first-order valence-electron chi connectivity index (χ1n) is 8.70. The second-order valence-corrected chi connectivity index (χ2v) is 8.11. The number of methoxy groups -OCH3 is 1. The number of thiophene rings is 1. The summed E-state index contributed by atoms with van der Waals surface area (Å²) in [5, 5.41) is 4.35. The van der Waals surface area contributed by atoms with Gasteiger partial charge in [-0.1, -0.05) is 30.7 Å². The molecule has 27 heavy (non-hydrogen) atoms. The number of aliphatic imine (C=N–C) groups is 1. The van der Waals surface area contributed by atoms with Crippen LogP contribution in [-0.2, 0) is 14.3 Å². The molecule has 1 N–H and O–H groups in total. The molecule has 0 aliphatic carbocycles. The molecule has 0 radical (unpaired) electrons. The molecule has 2 atom stereocenters. The van der Waals surface area contributed by atoms with Crippen molar-refractivity contribution in [2.45, 2.75) is 33.2 Å². The number of ether oxygens (including phenoxy) is 1. The van der Waals surface area contributed by atoms with Crippen molar-refractivity contribution in [3.63, 3.8) is 0 Å². The SMILES string of the molecule is CC[C@@H](C(=O)OC)C1N=C(c2ccc(Cl)cc2)c2c(sc(C)c2C)NC1=O. The van der Waals surface area contributed by atoms with Gasteiger partial charge in [0.15, 0.2) is 0 Å². The maximum atomic E-state index is 12.9. The third kappa shape index (κ3) is 3.64. The highest BCUT2D eigenvalue weighted by atomic mass is 35.5. The highest BCUT2D eigenvalue weighted by Crippen LogP contribution is 2.37. The predicted octanol–water partition coefficient (Wildman–Crippen LogP) is 4.38. The van der Waals surface area contributed by atoms with Gasteiger partial charge >= 0.3 is 5.97 Å². The van der Waals surface area contributed by atoms with E-state index in [0.717, 1.165) is 26.6 Å². The van der Waals surface area contributed by atoms with Crippen molar-refractivity contribution in [3.8, 4) is 0 Å². The van der Waals surface area contributed by atoms with Gasteiger partial charge < -0.3 is 10.1 Å². The second kappa shape index (κ2) is 7.82. The Morgan fingerprint density at radius 2 is 2.00 bits per heavy atom. The summed E-state index contributed by atoms with van der Waals surface area (Å²) in [5.41, 5.74) is 3.50. The molecule has 1 unspecified atom stereocenters. The Hall–Kier alpha value is -2.18. The first-order valence-corrected chi connectivity index (χ1v) is 9.89. The minimum Gasteiger partial charge on any atom is -0.469 e. The molecule has 2 aromatic rings. The van der Waals surface area contributed by atoms with E-state index in [0.29, 0.717) is 17.2 Å². The van der Waals surface area contributed by atoms with Crippen LogP contribution in [0.15, 0.2) is 29.3 Å². The van der Waals surface area contributed by atoms with Gasteiger partial charge in [0.1, 0.15) is 11.0 Å². The highest BCUT2D eigenvalue weighted by Gasteiger charge is 2.37. The average molecular weight is 405 g/mol. The van der Waals surface area contributed by atoms with Gasteiger partial charge in [-0.05, 0) is 38.0 Å². The summed E-state index contributed by atoms with van der Waals surface area (Å²) in [7, 11) is 1.33. The fraction of sp³-hybridized carbons (Fsp3) is 0.350. The molecular formula is C20H21ClN2O3S. The number of hydrogen-bond acceptors (Lipinski definition) is 5. The quantitative estimate of drug-likeness (QED) is 0.769. The molecule has 7 heteroatoms. The van der Waals surface area contributed by atoms with Crippen molar-refractivity contribution in [2.75, 3.05) is 12.4 Å². The molecule has 0 saturated heterocycles. The van der Waals surface area contributed by atoms with Crippen molar-refractivity contribution < 1.29 is 14.3 Å². The lowest BCUT2D eigenvalue weighted by molar-refractivity contribution is -0.147. The van der Waals surface area contributed by atoms with E-state index in [1.165, 1.54) is 18.4 Å². The van der Waals surface area contributed by atoms with Gasteiger partial charge in [0.25, 0.3) is 5.91 Å². The van der Waals surface area contributed by atoms with Gasteiger partial charge in [-0.2, -0.15) is 0 Å². The number of nitrogens with zero attached hydrogens (tertiary/aromatic N) is 1. The summed E-state index contributed by atoms with van der Waals surface area (Å²) < 4.78 is 4.90. The standard InChI is InChI=1S/C20H21ClN2O3S/c1-5-14(20(25)26-4)17-18(24)23-19-15(10(2)11(3)27-19)16(22-17)12-6-8-13(21)9-7-12/h6-9,14,17H,5H2,1-4H3,(H,23,24)/t14-,17?/m1/s1. The summed E-state index contributed by atoms with van der Waals surface area (Å²) >= 11 is 7.55. The molecule has 1 aromatic heterocycles. The number of hydrogen-bond donors (Lipinski definition) is 1. The summed E-state index contributed by atoms with van der Waals surface area (Å²) in [5.74, 6) is -1.37. The summed E-state index contributed by atoms with van der Waals surface area (Å²) in [6.07, 6.45) is 0.452. The number of carbonyl (C=O) groups excluding carboxylic acids is 2. The molecule has 1 aliphatic rings. The largest absolute Gasteiger partial charge is 0.469 e. The maximum Gasteiger partial charge on any atom is 0.311 e. The third-order valence-corrected chi connectivity index (χ3v) is 6.21. The van der Waals surface area contributed by atoms with Crippen LogP contribution in [0.5, 0.6) is 0 Å². The Kier molecular flexibility index (Phi) is 5.67. The first-order chi connectivity index (χ1) is 12.9. The van der Waals surface area contributed by atoms with E-state index in [4.69, 9.17) is 21.3 Å². The molecule has 0 fully saturated rings. The molecule has 142 valence electrons. The van der Waals surface area contributed by atoms with Crippen LogP contribution in [0.25, 0.3) is 0 Å². The van der Waals surface area contributed by atoms with Crippen LogP contribution in [-0.4, -0.2) is 30.7 Å². The number of nitrogens with one attached hydrogen (secondary N) is 1. The zero-order chi connectivity index (χ0) is 19.7. The second-order valence-electron chi connectivity index (χ2n) is 6.44.